The first kappa shape index (κ1) is 18.6. The molecule has 1 saturated heterocycles. The number of oxime groups is 1. The van der Waals surface area contributed by atoms with Crippen LogP contribution in [0.3, 0.4) is 0 Å². The fourth-order valence-corrected chi connectivity index (χ4v) is 4.17. The molecule has 1 aliphatic carbocycles. The molecule has 148 valence electrons. The number of nitrogens with zero attached hydrogens (tertiary/aromatic N) is 1. The summed E-state index contributed by atoms with van der Waals surface area (Å²) in [5, 5.41) is 4.35. The average Bonchev–Trinajstić information content (AvgIpc) is 3.36. The van der Waals surface area contributed by atoms with Gasteiger partial charge in [-0.25, -0.2) is 0 Å². The normalized spacial score (nSPS) is 25.4. The lowest BCUT2D eigenvalue weighted by molar-refractivity contribution is -0.0237. The predicted molar refractivity (Wildman–Crippen MR) is 105 cm³/mol. The summed E-state index contributed by atoms with van der Waals surface area (Å²) in [5.41, 5.74) is 1.77. The number of rotatable bonds is 7. The predicted octanol–water partition coefficient (Wildman–Crippen LogP) is 4.72. The van der Waals surface area contributed by atoms with Crippen molar-refractivity contribution in [2.75, 3.05) is 26.4 Å². The second-order valence-corrected chi connectivity index (χ2v) is 8.12. The van der Waals surface area contributed by atoms with E-state index in [2.05, 4.69) is 24.2 Å². The Morgan fingerprint density at radius 3 is 2.81 bits per heavy atom. The lowest BCUT2D eigenvalue weighted by Gasteiger charge is -2.22. The van der Waals surface area contributed by atoms with E-state index < -0.39 is 0 Å². The Bertz CT molecular complexity index is 660. The first-order valence-corrected chi connectivity index (χ1v) is 10.5. The van der Waals surface area contributed by atoms with E-state index in [1.165, 1.54) is 32.1 Å². The molecule has 1 aromatic carbocycles. The molecule has 0 radical (unpaired) electrons. The van der Waals surface area contributed by atoms with Gasteiger partial charge in [0.2, 0.25) is 0 Å². The van der Waals surface area contributed by atoms with Gasteiger partial charge in [0.05, 0.1) is 32.1 Å². The van der Waals surface area contributed by atoms with Gasteiger partial charge in [0, 0.05) is 18.4 Å². The zero-order chi connectivity index (χ0) is 18.5. The Morgan fingerprint density at radius 1 is 1.15 bits per heavy atom. The van der Waals surface area contributed by atoms with Crippen molar-refractivity contribution in [3.63, 3.8) is 0 Å². The zero-order valence-corrected chi connectivity index (χ0v) is 16.4. The van der Waals surface area contributed by atoms with Crippen LogP contribution in [0.15, 0.2) is 23.4 Å². The number of hydrogen-bond donors (Lipinski definition) is 0. The summed E-state index contributed by atoms with van der Waals surface area (Å²) in [6.07, 6.45) is 9.26. The highest BCUT2D eigenvalue weighted by atomic mass is 16.7. The highest BCUT2D eigenvalue weighted by Crippen LogP contribution is 2.36. The third kappa shape index (κ3) is 4.40. The molecule has 1 atom stereocenters. The molecule has 4 rings (SSSR count). The second-order valence-electron chi connectivity index (χ2n) is 8.12. The minimum atomic E-state index is -0.254. The van der Waals surface area contributed by atoms with Crippen molar-refractivity contribution in [3.8, 4) is 11.5 Å². The molecule has 2 heterocycles. The topological polar surface area (TPSA) is 49.3 Å². The van der Waals surface area contributed by atoms with Gasteiger partial charge >= 0.3 is 0 Å². The van der Waals surface area contributed by atoms with Gasteiger partial charge in [-0.3, -0.25) is 0 Å². The van der Waals surface area contributed by atoms with Crippen molar-refractivity contribution < 1.29 is 19.0 Å². The maximum atomic E-state index is 6.17. The molecule has 0 aromatic heterocycles. The van der Waals surface area contributed by atoms with Crippen LogP contribution in [0.25, 0.3) is 0 Å². The third-order valence-corrected chi connectivity index (χ3v) is 5.84. The highest BCUT2D eigenvalue weighted by Gasteiger charge is 2.43. The summed E-state index contributed by atoms with van der Waals surface area (Å²) in [7, 11) is 0. The molecule has 0 amide bonds. The third-order valence-electron chi connectivity index (χ3n) is 5.84. The molecule has 5 nitrogen and oxygen atoms in total. The average molecular weight is 373 g/mol. The molecule has 2 aliphatic heterocycles. The van der Waals surface area contributed by atoms with Crippen LogP contribution in [0.5, 0.6) is 11.5 Å². The van der Waals surface area contributed by atoms with Crippen LogP contribution in [-0.4, -0.2) is 37.7 Å². The van der Waals surface area contributed by atoms with Gasteiger partial charge in [0.25, 0.3) is 0 Å². The molecule has 1 saturated carbocycles. The molecule has 0 N–H and O–H groups in total. The van der Waals surface area contributed by atoms with Crippen LogP contribution >= 0.6 is 0 Å². The summed E-state index contributed by atoms with van der Waals surface area (Å²) >= 11 is 0. The summed E-state index contributed by atoms with van der Waals surface area (Å²) in [5.74, 6) is 2.33. The van der Waals surface area contributed by atoms with E-state index in [1.807, 2.05) is 6.07 Å². The SMILES string of the molecule is CCCOc1cc(C2=NOC3(CCOC3)C2)ccc1OCC1CCCCC1. The van der Waals surface area contributed by atoms with Crippen LogP contribution in [0.2, 0.25) is 0 Å². The fraction of sp³-hybridized carbons (Fsp3) is 0.682. The molecular formula is C22H31NO4. The minimum absolute atomic E-state index is 0.254. The quantitative estimate of drug-likeness (QED) is 0.694. The molecular weight excluding hydrogens is 342 g/mol. The van der Waals surface area contributed by atoms with Crippen molar-refractivity contribution in [2.45, 2.75) is 63.9 Å². The van der Waals surface area contributed by atoms with Gasteiger partial charge in [0.15, 0.2) is 17.1 Å². The molecule has 1 spiro atoms. The summed E-state index contributed by atoms with van der Waals surface area (Å²) in [6.45, 7) is 4.96. The lowest BCUT2D eigenvalue weighted by Crippen LogP contribution is -2.29. The molecule has 5 heteroatoms. The standard InChI is InChI=1S/C22H31NO4/c1-2-11-25-21-13-18(19-14-22(27-23-19)10-12-24-16-22)8-9-20(21)26-15-17-6-4-3-5-7-17/h8-9,13,17H,2-7,10-12,14-16H2,1H3. The molecule has 27 heavy (non-hydrogen) atoms. The van der Waals surface area contributed by atoms with Gasteiger partial charge < -0.3 is 19.0 Å². The largest absolute Gasteiger partial charge is 0.490 e. The van der Waals surface area contributed by atoms with E-state index in [4.69, 9.17) is 19.0 Å². The molecule has 2 fully saturated rings. The highest BCUT2D eigenvalue weighted by molar-refractivity contribution is 6.02. The Morgan fingerprint density at radius 2 is 2.04 bits per heavy atom. The summed E-state index contributed by atoms with van der Waals surface area (Å²) < 4.78 is 17.7. The van der Waals surface area contributed by atoms with Crippen LogP contribution < -0.4 is 9.47 Å². The molecule has 3 aliphatic rings. The maximum Gasteiger partial charge on any atom is 0.168 e. The first-order chi connectivity index (χ1) is 13.3. The number of ether oxygens (including phenoxy) is 3. The fourth-order valence-electron chi connectivity index (χ4n) is 4.17. The summed E-state index contributed by atoms with van der Waals surface area (Å²) in [6, 6.07) is 6.16. The van der Waals surface area contributed by atoms with Crippen LogP contribution in [0, 0.1) is 5.92 Å². The Hall–Kier alpha value is -1.75. The smallest absolute Gasteiger partial charge is 0.168 e. The van der Waals surface area contributed by atoms with E-state index in [9.17, 15) is 0 Å². The van der Waals surface area contributed by atoms with Gasteiger partial charge in [-0.05, 0) is 43.4 Å². The van der Waals surface area contributed by atoms with Crippen LogP contribution in [0.4, 0.5) is 0 Å². The van der Waals surface area contributed by atoms with E-state index in [0.29, 0.717) is 19.1 Å². The van der Waals surface area contributed by atoms with Gasteiger partial charge in [0.1, 0.15) is 0 Å². The van der Waals surface area contributed by atoms with E-state index in [1.54, 1.807) is 0 Å². The van der Waals surface area contributed by atoms with Crippen molar-refractivity contribution in [1.82, 2.24) is 0 Å². The summed E-state index contributed by atoms with van der Waals surface area (Å²) in [4.78, 5) is 5.74. The lowest BCUT2D eigenvalue weighted by atomic mass is 9.90. The zero-order valence-electron chi connectivity index (χ0n) is 16.4. The van der Waals surface area contributed by atoms with Crippen molar-refractivity contribution in [2.24, 2.45) is 11.1 Å². The van der Waals surface area contributed by atoms with Gasteiger partial charge in [-0.15, -0.1) is 0 Å². The maximum absolute atomic E-state index is 6.17. The molecule has 1 unspecified atom stereocenters. The van der Waals surface area contributed by atoms with Crippen molar-refractivity contribution in [1.29, 1.82) is 0 Å². The van der Waals surface area contributed by atoms with Crippen molar-refractivity contribution >= 4 is 5.71 Å². The minimum Gasteiger partial charge on any atom is -0.490 e. The Balaban J connectivity index is 1.45. The second kappa shape index (κ2) is 8.51. The number of hydrogen-bond acceptors (Lipinski definition) is 5. The molecule has 1 aromatic rings. The van der Waals surface area contributed by atoms with Gasteiger partial charge in [-0.1, -0.05) is 31.3 Å². The molecule has 0 bridgehead atoms. The number of benzene rings is 1. The monoisotopic (exact) mass is 373 g/mol. The van der Waals surface area contributed by atoms with Crippen LogP contribution in [-0.2, 0) is 9.57 Å². The van der Waals surface area contributed by atoms with Crippen molar-refractivity contribution in [3.05, 3.63) is 23.8 Å². The van der Waals surface area contributed by atoms with E-state index in [-0.39, 0.29) is 5.60 Å². The van der Waals surface area contributed by atoms with Crippen LogP contribution in [0.1, 0.15) is 63.9 Å². The van der Waals surface area contributed by atoms with Gasteiger partial charge in [-0.2, -0.15) is 0 Å². The van der Waals surface area contributed by atoms with E-state index in [0.717, 1.165) is 55.3 Å². The Kier molecular flexibility index (Phi) is 5.86. The Labute approximate surface area is 162 Å². The van der Waals surface area contributed by atoms with E-state index >= 15 is 0 Å². The first-order valence-electron chi connectivity index (χ1n) is 10.5.